The zero-order valence-electron chi connectivity index (χ0n) is 10.3. The van der Waals surface area contributed by atoms with Crippen LogP contribution in [0.15, 0.2) is 29.2 Å². The smallest absolute Gasteiger partial charge is 0.228 e. The molecule has 3 nitrogen and oxygen atoms in total. The number of rotatable bonds is 3. The number of carbonyl (C=O) groups excluding carboxylic acids is 1. The lowest BCUT2D eigenvalue weighted by molar-refractivity contribution is -0.122. The summed E-state index contributed by atoms with van der Waals surface area (Å²) in [7, 11) is 0. The summed E-state index contributed by atoms with van der Waals surface area (Å²) in [6.07, 6.45) is 2.40. The standard InChI is InChI=1S/C14H18N2OS/c17-14(16-8-10-4-3-7-15-10)12-9-18-13-6-2-1-5-11(12)13/h1-2,5-6,10,12,15H,3-4,7-9H2,(H,16,17)/t10-,12+/m0/s1. The van der Waals surface area contributed by atoms with Crippen molar-refractivity contribution in [1.82, 2.24) is 10.6 Å². The maximum Gasteiger partial charge on any atom is 0.228 e. The lowest BCUT2D eigenvalue weighted by atomic mass is 10.0. The van der Waals surface area contributed by atoms with Crippen molar-refractivity contribution in [2.75, 3.05) is 18.8 Å². The van der Waals surface area contributed by atoms with E-state index < -0.39 is 0 Å². The van der Waals surface area contributed by atoms with Gasteiger partial charge < -0.3 is 10.6 Å². The molecule has 3 rings (SSSR count). The molecule has 1 amide bonds. The van der Waals surface area contributed by atoms with Crippen molar-refractivity contribution >= 4 is 17.7 Å². The van der Waals surface area contributed by atoms with Crippen LogP contribution in [0.5, 0.6) is 0 Å². The third-order valence-corrected chi connectivity index (χ3v) is 4.88. The molecule has 0 aliphatic carbocycles. The second-order valence-electron chi connectivity index (χ2n) is 4.94. The van der Waals surface area contributed by atoms with Gasteiger partial charge in [0.25, 0.3) is 0 Å². The first-order chi connectivity index (χ1) is 8.84. The lowest BCUT2D eigenvalue weighted by Crippen LogP contribution is -2.39. The Kier molecular flexibility index (Phi) is 3.57. The Morgan fingerprint density at radius 2 is 2.33 bits per heavy atom. The number of fused-ring (bicyclic) bond motifs is 1. The lowest BCUT2D eigenvalue weighted by Gasteiger charge is -2.15. The van der Waals surface area contributed by atoms with Gasteiger partial charge in [-0.3, -0.25) is 4.79 Å². The van der Waals surface area contributed by atoms with E-state index in [1.807, 2.05) is 12.1 Å². The molecule has 0 radical (unpaired) electrons. The molecule has 2 aliphatic heterocycles. The molecule has 0 saturated carbocycles. The van der Waals surface area contributed by atoms with E-state index in [4.69, 9.17) is 0 Å². The zero-order valence-corrected chi connectivity index (χ0v) is 11.1. The number of benzene rings is 1. The predicted molar refractivity (Wildman–Crippen MR) is 73.9 cm³/mol. The summed E-state index contributed by atoms with van der Waals surface area (Å²) in [6.45, 7) is 1.85. The fraction of sp³-hybridized carbons (Fsp3) is 0.500. The second-order valence-corrected chi connectivity index (χ2v) is 6.00. The first kappa shape index (κ1) is 12.1. The Morgan fingerprint density at radius 3 is 3.17 bits per heavy atom. The van der Waals surface area contributed by atoms with E-state index in [9.17, 15) is 4.79 Å². The Labute approximate surface area is 112 Å². The molecule has 0 bridgehead atoms. The Balaban J connectivity index is 1.60. The average molecular weight is 262 g/mol. The van der Waals surface area contributed by atoms with Crippen LogP contribution >= 0.6 is 11.8 Å². The van der Waals surface area contributed by atoms with Crippen LogP contribution in [0.3, 0.4) is 0 Å². The van der Waals surface area contributed by atoms with Gasteiger partial charge in [-0.25, -0.2) is 0 Å². The van der Waals surface area contributed by atoms with Crippen LogP contribution in [-0.2, 0) is 4.79 Å². The third-order valence-electron chi connectivity index (χ3n) is 3.70. The van der Waals surface area contributed by atoms with Gasteiger partial charge in [-0.15, -0.1) is 11.8 Å². The molecule has 2 N–H and O–H groups in total. The fourth-order valence-electron chi connectivity index (χ4n) is 2.66. The normalized spacial score (nSPS) is 26.0. The highest BCUT2D eigenvalue weighted by molar-refractivity contribution is 7.99. The van der Waals surface area contributed by atoms with Gasteiger partial charge in [0.2, 0.25) is 5.91 Å². The van der Waals surface area contributed by atoms with Crippen molar-refractivity contribution in [3.05, 3.63) is 29.8 Å². The molecule has 1 aromatic carbocycles. The minimum Gasteiger partial charge on any atom is -0.354 e. The van der Waals surface area contributed by atoms with E-state index in [0.717, 1.165) is 18.8 Å². The van der Waals surface area contributed by atoms with Crippen molar-refractivity contribution < 1.29 is 4.79 Å². The molecule has 0 unspecified atom stereocenters. The molecule has 2 aliphatic rings. The van der Waals surface area contributed by atoms with Crippen LogP contribution in [-0.4, -0.2) is 30.8 Å². The largest absolute Gasteiger partial charge is 0.354 e. The molecule has 1 saturated heterocycles. The molecule has 1 fully saturated rings. The first-order valence-electron chi connectivity index (χ1n) is 6.57. The van der Waals surface area contributed by atoms with Crippen molar-refractivity contribution in [3.8, 4) is 0 Å². The van der Waals surface area contributed by atoms with Crippen LogP contribution in [0, 0.1) is 0 Å². The monoisotopic (exact) mass is 262 g/mol. The molecular formula is C14H18N2OS. The third kappa shape index (κ3) is 2.40. The van der Waals surface area contributed by atoms with Crippen molar-refractivity contribution in [2.45, 2.75) is 29.7 Å². The fourth-order valence-corrected chi connectivity index (χ4v) is 3.89. The van der Waals surface area contributed by atoms with Crippen LogP contribution in [0.4, 0.5) is 0 Å². The highest BCUT2D eigenvalue weighted by Gasteiger charge is 2.29. The quantitative estimate of drug-likeness (QED) is 0.872. The summed E-state index contributed by atoms with van der Waals surface area (Å²) >= 11 is 1.79. The number of thioether (sulfide) groups is 1. The van der Waals surface area contributed by atoms with Crippen LogP contribution in [0.2, 0.25) is 0 Å². The summed E-state index contributed by atoms with van der Waals surface area (Å²) in [6, 6.07) is 8.70. The van der Waals surface area contributed by atoms with Gasteiger partial charge >= 0.3 is 0 Å². The van der Waals surface area contributed by atoms with E-state index in [-0.39, 0.29) is 11.8 Å². The Bertz CT molecular complexity index is 443. The number of amides is 1. The number of hydrogen-bond donors (Lipinski definition) is 2. The number of hydrogen-bond acceptors (Lipinski definition) is 3. The topological polar surface area (TPSA) is 41.1 Å². The minimum absolute atomic E-state index is 0.0348. The van der Waals surface area contributed by atoms with Gasteiger partial charge in [-0.05, 0) is 31.0 Å². The van der Waals surface area contributed by atoms with E-state index in [0.29, 0.717) is 6.04 Å². The van der Waals surface area contributed by atoms with Crippen LogP contribution in [0.25, 0.3) is 0 Å². The van der Waals surface area contributed by atoms with E-state index >= 15 is 0 Å². The second kappa shape index (κ2) is 5.33. The highest BCUT2D eigenvalue weighted by Crippen LogP contribution is 2.39. The maximum absolute atomic E-state index is 12.2. The molecule has 96 valence electrons. The first-order valence-corrected chi connectivity index (χ1v) is 7.56. The molecule has 18 heavy (non-hydrogen) atoms. The number of carbonyl (C=O) groups is 1. The molecule has 2 atom stereocenters. The summed E-state index contributed by atoms with van der Waals surface area (Å²) in [5.41, 5.74) is 1.19. The van der Waals surface area contributed by atoms with Crippen molar-refractivity contribution in [3.63, 3.8) is 0 Å². The summed E-state index contributed by atoms with van der Waals surface area (Å²) in [4.78, 5) is 13.5. The highest BCUT2D eigenvalue weighted by atomic mass is 32.2. The molecule has 1 aromatic rings. The molecule has 0 aromatic heterocycles. The SMILES string of the molecule is O=C(NC[C@@H]1CCCN1)[C@@H]1CSc2ccccc21. The molecular weight excluding hydrogens is 244 g/mol. The van der Waals surface area contributed by atoms with Gasteiger partial charge in [0, 0.05) is 23.2 Å². The summed E-state index contributed by atoms with van der Waals surface area (Å²) < 4.78 is 0. The van der Waals surface area contributed by atoms with Crippen molar-refractivity contribution in [2.24, 2.45) is 0 Å². The van der Waals surface area contributed by atoms with Gasteiger partial charge in [0.1, 0.15) is 0 Å². The Hall–Kier alpha value is -1.00. The molecule has 0 spiro atoms. The minimum atomic E-state index is 0.0348. The maximum atomic E-state index is 12.2. The number of nitrogens with one attached hydrogen (secondary N) is 2. The van der Waals surface area contributed by atoms with Gasteiger partial charge in [-0.1, -0.05) is 18.2 Å². The summed E-state index contributed by atoms with van der Waals surface area (Å²) in [5.74, 6) is 1.09. The van der Waals surface area contributed by atoms with Gasteiger partial charge in [-0.2, -0.15) is 0 Å². The van der Waals surface area contributed by atoms with Crippen LogP contribution < -0.4 is 10.6 Å². The molecule has 2 heterocycles. The zero-order chi connectivity index (χ0) is 12.4. The van der Waals surface area contributed by atoms with E-state index in [1.165, 1.54) is 23.3 Å². The predicted octanol–water partition coefficient (Wildman–Crippen LogP) is 1.74. The van der Waals surface area contributed by atoms with Gasteiger partial charge in [0.05, 0.1) is 5.92 Å². The average Bonchev–Trinajstić information content (AvgIpc) is 3.05. The van der Waals surface area contributed by atoms with Crippen molar-refractivity contribution in [1.29, 1.82) is 0 Å². The summed E-state index contributed by atoms with van der Waals surface area (Å²) in [5, 5.41) is 6.49. The van der Waals surface area contributed by atoms with E-state index in [1.54, 1.807) is 11.8 Å². The van der Waals surface area contributed by atoms with Crippen LogP contribution in [0.1, 0.15) is 24.3 Å². The van der Waals surface area contributed by atoms with E-state index in [2.05, 4.69) is 22.8 Å². The Morgan fingerprint density at radius 1 is 1.44 bits per heavy atom. The molecule has 4 heteroatoms. The van der Waals surface area contributed by atoms with Gasteiger partial charge in [0.15, 0.2) is 0 Å².